The molecule has 0 saturated carbocycles. The first-order chi connectivity index (χ1) is 46.6. The number of para-hydroxylation sites is 4. The van der Waals surface area contributed by atoms with Crippen LogP contribution in [0.3, 0.4) is 0 Å². The second kappa shape index (κ2) is 20.1. The van der Waals surface area contributed by atoms with Crippen molar-refractivity contribution in [2.45, 2.75) is 26.9 Å². The van der Waals surface area contributed by atoms with E-state index < -0.39 is 6.10 Å². The summed E-state index contributed by atoms with van der Waals surface area (Å²) in [6.07, 6.45) is 1.01. The molecule has 450 valence electrons. The Bertz CT molecular complexity index is 6640. The summed E-state index contributed by atoms with van der Waals surface area (Å²) in [5, 5.41) is 41.3. The lowest BCUT2D eigenvalue weighted by Crippen LogP contribution is -2.26. The highest BCUT2D eigenvalue weighted by Crippen LogP contribution is 2.49. The summed E-state index contributed by atoms with van der Waals surface area (Å²) in [5.74, 6) is 1.42. The summed E-state index contributed by atoms with van der Waals surface area (Å²) in [7, 11) is 0. The normalized spacial score (nSPS) is 13.6. The highest BCUT2D eigenvalue weighted by atomic mass is 32.1. The van der Waals surface area contributed by atoms with Gasteiger partial charge in [0, 0.05) is 114 Å². The largest absolute Gasteiger partial charge is 0.455 e. The molecular weight excluding hydrogens is 1210 g/mol. The maximum absolute atomic E-state index is 11.8. The van der Waals surface area contributed by atoms with Gasteiger partial charge in [-0.25, -0.2) is 14.5 Å². The van der Waals surface area contributed by atoms with Crippen LogP contribution in [0.1, 0.15) is 42.3 Å². The summed E-state index contributed by atoms with van der Waals surface area (Å²) in [4.78, 5) is 12.8. The van der Waals surface area contributed by atoms with Crippen molar-refractivity contribution in [2.75, 3.05) is 0 Å². The number of hydrogen-bond donors (Lipinski definition) is 3. The van der Waals surface area contributed by atoms with Crippen molar-refractivity contribution in [3.8, 4) is 39.6 Å². The Morgan fingerprint density at radius 2 is 1.16 bits per heavy atom. The van der Waals surface area contributed by atoms with E-state index in [4.69, 9.17) is 24.9 Å². The molecule has 0 fully saturated rings. The van der Waals surface area contributed by atoms with E-state index in [-0.39, 0.29) is 0 Å². The number of hydrogen-bond acceptors (Lipinski definition) is 9. The number of amidine groups is 1. The molecule has 0 amide bonds. The first-order valence-electron chi connectivity index (χ1n) is 31.9. The number of aliphatic imine (C=N–C) groups is 1. The van der Waals surface area contributed by atoms with Crippen LogP contribution in [-0.2, 0) is 0 Å². The van der Waals surface area contributed by atoms with Crippen LogP contribution in [-0.4, -0.2) is 45.0 Å². The van der Waals surface area contributed by atoms with Crippen LogP contribution in [0.2, 0.25) is 0 Å². The predicted octanol–water partition coefficient (Wildman–Crippen LogP) is 21.3. The molecule has 0 spiro atoms. The fourth-order valence-corrected chi connectivity index (χ4v) is 17.6. The van der Waals surface area contributed by atoms with E-state index in [1.165, 1.54) is 63.1 Å². The van der Waals surface area contributed by atoms with Crippen LogP contribution in [0.5, 0.6) is 0 Å². The molecule has 9 heterocycles. The second-order valence-corrected chi connectivity index (χ2v) is 27.1. The van der Waals surface area contributed by atoms with Crippen molar-refractivity contribution >= 4 is 168 Å². The van der Waals surface area contributed by atoms with Crippen molar-refractivity contribution in [3.63, 3.8) is 0 Å². The lowest BCUT2D eigenvalue weighted by molar-refractivity contribution is 0.199. The fraction of sp³-hybridized carbons (Fsp3) is 0.0488. The smallest absolute Gasteiger partial charge is 0.161 e. The Morgan fingerprint density at radius 1 is 0.526 bits per heavy atom. The zero-order valence-corrected chi connectivity index (χ0v) is 53.1. The molecule has 13 heteroatoms. The van der Waals surface area contributed by atoms with Gasteiger partial charge in [-0.1, -0.05) is 115 Å². The number of benzene rings is 11. The minimum Gasteiger partial charge on any atom is -0.455 e. The van der Waals surface area contributed by atoms with E-state index in [2.05, 4.69) is 225 Å². The number of aliphatic hydroxyl groups excluding tert-OH is 1. The molecule has 95 heavy (non-hydrogen) atoms. The van der Waals surface area contributed by atoms with Gasteiger partial charge in [-0.3, -0.25) is 0 Å². The maximum atomic E-state index is 11.8. The van der Waals surface area contributed by atoms with Gasteiger partial charge in [0.2, 0.25) is 0 Å². The number of aryl methyl sites for hydroxylation is 1. The number of allylic oxidation sites excluding steroid dienone is 1. The van der Waals surface area contributed by atoms with E-state index in [1.807, 2.05) is 66.1 Å². The average molecular weight is 1260 g/mol. The molecule has 20 rings (SSSR count). The summed E-state index contributed by atoms with van der Waals surface area (Å²) in [6, 6.07) is 84.3. The van der Waals surface area contributed by atoms with Crippen molar-refractivity contribution in [1.82, 2.24) is 33.6 Å². The number of rotatable bonds is 8. The Morgan fingerprint density at radius 3 is 1.95 bits per heavy atom. The number of aliphatic hydroxyl groups is 1. The highest BCUT2D eigenvalue weighted by molar-refractivity contribution is 7.26. The molecule has 11 aromatic carbocycles. The zero-order chi connectivity index (χ0) is 63.1. The number of nitrogens with zero attached hydrogens (tertiary/aromatic N) is 7. The minimum atomic E-state index is -0.821. The van der Waals surface area contributed by atoms with Crippen LogP contribution >= 0.6 is 22.7 Å². The first kappa shape index (κ1) is 53.9. The average Bonchev–Trinajstić information content (AvgIpc) is 1.55. The van der Waals surface area contributed by atoms with E-state index in [0.29, 0.717) is 11.5 Å². The van der Waals surface area contributed by atoms with Crippen LogP contribution in [0, 0.1) is 12.3 Å². The summed E-state index contributed by atoms with van der Waals surface area (Å²) >= 11 is 3.59. The van der Waals surface area contributed by atoms with E-state index >= 15 is 0 Å². The van der Waals surface area contributed by atoms with Crippen molar-refractivity contribution in [2.24, 2.45) is 4.99 Å². The predicted molar refractivity (Wildman–Crippen MR) is 395 cm³/mol. The molecule has 0 aliphatic carbocycles. The molecule has 1 unspecified atom stereocenters. The quantitative estimate of drug-likeness (QED) is 0.131. The Kier molecular flexibility index (Phi) is 11.4. The van der Waals surface area contributed by atoms with Gasteiger partial charge in [-0.15, -0.1) is 22.7 Å². The van der Waals surface area contributed by atoms with Gasteiger partial charge in [0.15, 0.2) is 5.82 Å². The lowest BCUT2D eigenvalue weighted by Gasteiger charge is -2.22. The van der Waals surface area contributed by atoms with Crippen molar-refractivity contribution < 1.29 is 9.52 Å². The number of thiophene rings is 2. The molecule has 19 aromatic rings. The standard InChI is InChI=1S/C82H53N9O2S2/c1-44(83)36-66-55-19-7-11-24-64(55)84-79(85-66)49-31-35-68(58(39-49)46(3)92)90-71-41-60-54-23-15-22-52(78(54)93-73(60)43-63(71)77-57-21-10-14-27-75(57)95-82(77)90)48-30-34-65-61(38-48)72-37-45(2)87-91(72)80(86-65)47-28-32-51(33-29-47)89-70-40-59-53-18-8-12-25-67(53)88(50-16-5-4-6-17-50)69(59)42-62(70)76-56-20-9-13-26-74(56)94-81(76)89/h4-43,46,83,92H,1-3H3,(H,84,85). The van der Waals surface area contributed by atoms with E-state index in [9.17, 15) is 5.11 Å². The van der Waals surface area contributed by atoms with Gasteiger partial charge in [-0.2, -0.15) is 5.10 Å². The SMILES string of the molecule is CC(=N)C=C1NC(c2ccc(-n3c4cc5c(cc4c4c6ccccc6sc43)oc3c(-c4ccc6nc(-c7ccc(-n8c9cc%10c%11ccccc%11n(-c%11ccccc%11)c%10cc9c9c%10ccccc%10sc98)cc7)n7nc(C)cc7c6c4)cccc35)c(C(C)O)c2)=Nc2ccccc21. The Labute approximate surface area is 549 Å². The first-order valence-corrected chi connectivity index (χ1v) is 33.5. The molecule has 0 bridgehead atoms. The third-order valence-corrected chi connectivity index (χ3v) is 21.6. The van der Waals surface area contributed by atoms with Crippen molar-refractivity contribution in [3.05, 3.63) is 265 Å². The van der Waals surface area contributed by atoms with Gasteiger partial charge >= 0.3 is 0 Å². The van der Waals surface area contributed by atoms with Gasteiger partial charge in [-0.05, 0) is 154 Å². The highest BCUT2D eigenvalue weighted by Gasteiger charge is 2.27. The van der Waals surface area contributed by atoms with Crippen LogP contribution in [0.15, 0.2) is 252 Å². The van der Waals surface area contributed by atoms with Gasteiger partial charge in [0.05, 0.1) is 62.0 Å². The molecule has 3 N–H and O–H groups in total. The third kappa shape index (κ3) is 7.94. The molecule has 1 aliphatic rings. The van der Waals surface area contributed by atoms with Gasteiger partial charge in [0.1, 0.15) is 26.7 Å². The molecular formula is C82H53N9O2S2. The number of furan rings is 1. The van der Waals surface area contributed by atoms with Crippen LogP contribution in [0.4, 0.5) is 5.69 Å². The molecule has 1 aliphatic heterocycles. The number of aromatic nitrogens is 6. The molecule has 1 atom stereocenters. The van der Waals surface area contributed by atoms with E-state index in [1.54, 1.807) is 18.3 Å². The monoisotopic (exact) mass is 1260 g/mol. The topological polar surface area (TPSA) is 127 Å². The minimum absolute atomic E-state index is 0.431. The number of fused-ring (bicyclic) bond motifs is 20. The Hall–Kier alpha value is -11.7. The molecule has 8 aromatic heterocycles. The molecule has 11 nitrogen and oxygen atoms in total. The van der Waals surface area contributed by atoms with E-state index in [0.717, 1.165) is 133 Å². The summed E-state index contributed by atoms with van der Waals surface area (Å²) in [6.45, 7) is 5.64. The van der Waals surface area contributed by atoms with Crippen LogP contribution in [0.25, 0.3) is 168 Å². The zero-order valence-electron chi connectivity index (χ0n) is 51.5. The maximum Gasteiger partial charge on any atom is 0.161 e. The third-order valence-electron chi connectivity index (χ3n) is 19.3. The van der Waals surface area contributed by atoms with Gasteiger partial charge in [0.25, 0.3) is 0 Å². The molecule has 0 saturated heterocycles. The lowest BCUT2D eigenvalue weighted by atomic mass is 10.00. The summed E-state index contributed by atoms with van der Waals surface area (Å²) in [5.41, 5.74) is 19.5. The van der Waals surface area contributed by atoms with Crippen molar-refractivity contribution in [1.29, 1.82) is 5.41 Å². The number of nitrogens with one attached hydrogen (secondary N) is 2. The Balaban J connectivity index is 0.699. The summed E-state index contributed by atoms with van der Waals surface area (Å²) < 4.78 is 18.7. The second-order valence-electron chi connectivity index (χ2n) is 25.0. The molecule has 0 radical (unpaired) electrons. The van der Waals surface area contributed by atoms with Gasteiger partial charge < -0.3 is 34.0 Å². The fourth-order valence-electron chi connectivity index (χ4n) is 15.1. The van der Waals surface area contributed by atoms with Crippen LogP contribution < -0.4 is 5.32 Å².